The third-order valence-corrected chi connectivity index (χ3v) is 9.33. The third-order valence-electron chi connectivity index (χ3n) is 9.33. The molecule has 152 valence electrons. The molecule has 29 heavy (non-hydrogen) atoms. The Hall–Kier alpha value is -1.87. The van der Waals surface area contributed by atoms with Crippen LogP contribution in [0.15, 0.2) is 48.3 Å². The standard InChI is InChI=1S/C26H32N2O/c1-25-13-11-18(29)15-17(25)7-8-19-20-9-10-24(26(20,2)14-12-21(19)25)28-16-27-22-5-3-4-6-23(22)28/h3-7,10,16,18-21,29H,8-9,11-15H2,1-2H3/t18?,19-,20-,21-,25-,26-/m0/s1. The number of hydrogen-bond donors (Lipinski definition) is 1. The summed E-state index contributed by atoms with van der Waals surface area (Å²) in [5.74, 6) is 2.26. The summed E-state index contributed by atoms with van der Waals surface area (Å²) in [6.07, 6.45) is 15.0. The van der Waals surface area contributed by atoms with Crippen molar-refractivity contribution in [2.45, 2.75) is 64.9 Å². The quantitative estimate of drug-likeness (QED) is 0.626. The Morgan fingerprint density at radius 2 is 1.83 bits per heavy atom. The minimum atomic E-state index is -0.117. The lowest BCUT2D eigenvalue weighted by Crippen LogP contribution is -2.50. The summed E-state index contributed by atoms with van der Waals surface area (Å²) >= 11 is 0. The van der Waals surface area contributed by atoms with E-state index in [4.69, 9.17) is 0 Å². The molecule has 0 radical (unpaired) electrons. The van der Waals surface area contributed by atoms with Crippen LogP contribution in [0.2, 0.25) is 0 Å². The van der Waals surface area contributed by atoms with E-state index in [2.05, 4.69) is 59.8 Å². The summed E-state index contributed by atoms with van der Waals surface area (Å²) in [5, 5.41) is 10.2. The van der Waals surface area contributed by atoms with Gasteiger partial charge in [0.2, 0.25) is 0 Å². The molecular formula is C26H32N2O. The van der Waals surface area contributed by atoms with Gasteiger partial charge < -0.3 is 9.67 Å². The lowest BCUT2D eigenvalue weighted by molar-refractivity contribution is -0.0249. The number of aliphatic hydroxyl groups excluding tert-OH is 1. The summed E-state index contributed by atoms with van der Waals surface area (Å²) in [6, 6.07) is 8.52. The van der Waals surface area contributed by atoms with Crippen molar-refractivity contribution in [1.29, 1.82) is 0 Å². The van der Waals surface area contributed by atoms with Gasteiger partial charge in [0.05, 0.1) is 17.1 Å². The highest BCUT2D eigenvalue weighted by Gasteiger charge is 2.57. The molecule has 6 atom stereocenters. The van der Waals surface area contributed by atoms with Crippen molar-refractivity contribution in [3.63, 3.8) is 0 Å². The summed E-state index contributed by atoms with van der Waals surface area (Å²) in [4.78, 5) is 4.67. The van der Waals surface area contributed by atoms with Crippen LogP contribution in [-0.2, 0) is 0 Å². The van der Waals surface area contributed by atoms with Crippen molar-refractivity contribution in [3.8, 4) is 0 Å². The Balaban J connectivity index is 1.36. The number of imidazole rings is 1. The van der Waals surface area contributed by atoms with E-state index in [1.54, 1.807) is 5.57 Å². The lowest BCUT2D eigenvalue weighted by Gasteiger charge is -2.57. The lowest BCUT2D eigenvalue weighted by atomic mass is 9.48. The number of aliphatic hydroxyl groups is 1. The molecule has 6 rings (SSSR count). The van der Waals surface area contributed by atoms with Gasteiger partial charge in [-0.3, -0.25) is 0 Å². The smallest absolute Gasteiger partial charge is 0.100 e. The second-order valence-electron chi connectivity index (χ2n) is 10.5. The molecule has 1 aromatic carbocycles. The van der Waals surface area contributed by atoms with Gasteiger partial charge in [-0.2, -0.15) is 0 Å². The minimum Gasteiger partial charge on any atom is -0.393 e. The van der Waals surface area contributed by atoms with Crippen LogP contribution in [0.5, 0.6) is 0 Å². The van der Waals surface area contributed by atoms with Gasteiger partial charge in [-0.15, -0.1) is 0 Å². The van der Waals surface area contributed by atoms with Crippen LogP contribution in [0.3, 0.4) is 0 Å². The molecule has 3 nitrogen and oxygen atoms in total. The Labute approximate surface area is 173 Å². The van der Waals surface area contributed by atoms with Crippen molar-refractivity contribution in [1.82, 2.24) is 9.55 Å². The van der Waals surface area contributed by atoms with Crippen molar-refractivity contribution in [3.05, 3.63) is 48.3 Å². The summed E-state index contributed by atoms with van der Waals surface area (Å²) in [7, 11) is 0. The number of fused-ring (bicyclic) bond motifs is 6. The molecule has 1 heterocycles. The van der Waals surface area contributed by atoms with E-state index in [-0.39, 0.29) is 11.5 Å². The Kier molecular flexibility index (Phi) is 3.76. The molecule has 2 saturated carbocycles. The molecule has 1 unspecified atom stereocenters. The SMILES string of the molecule is C[C@]12CCC(O)CC1=CC[C@@H]1[C@@H]2CC[C@]2(C)C(n3cnc4ccccc43)=CC[C@@H]12. The molecule has 2 aromatic rings. The van der Waals surface area contributed by atoms with Gasteiger partial charge in [0, 0.05) is 11.1 Å². The zero-order valence-electron chi connectivity index (χ0n) is 17.6. The number of allylic oxidation sites excluding steroid dienone is 3. The molecular weight excluding hydrogens is 356 g/mol. The highest BCUT2D eigenvalue weighted by molar-refractivity contribution is 5.80. The zero-order chi connectivity index (χ0) is 19.8. The second kappa shape index (κ2) is 6.07. The molecule has 0 amide bonds. The van der Waals surface area contributed by atoms with Crippen LogP contribution >= 0.6 is 0 Å². The number of rotatable bonds is 1. The summed E-state index contributed by atoms with van der Waals surface area (Å²) in [5.41, 5.74) is 5.92. The van der Waals surface area contributed by atoms with Crippen molar-refractivity contribution >= 4 is 16.7 Å². The first-order valence-electron chi connectivity index (χ1n) is 11.5. The van der Waals surface area contributed by atoms with Crippen molar-refractivity contribution in [2.75, 3.05) is 0 Å². The maximum Gasteiger partial charge on any atom is 0.100 e. The summed E-state index contributed by atoms with van der Waals surface area (Å²) < 4.78 is 2.37. The van der Waals surface area contributed by atoms with Crippen LogP contribution < -0.4 is 0 Å². The Morgan fingerprint density at radius 3 is 2.72 bits per heavy atom. The molecule has 3 heteroatoms. The number of nitrogens with zero attached hydrogens (tertiary/aromatic N) is 2. The van der Waals surface area contributed by atoms with Crippen LogP contribution in [-0.4, -0.2) is 20.8 Å². The van der Waals surface area contributed by atoms with E-state index in [1.807, 2.05) is 6.33 Å². The second-order valence-corrected chi connectivity index (χ2v) is 10.5. The third kappa shape index (κ3) is 2.37. The van der Waals surface area contributed by atoms with E-state index in [0.717, 1.165) is 42.5 Å². The van der Waals surface area contributed by atoms with Crippen molar-refractivity contribution < 1.29 is 5.11 Å². The maximum absolute atomic E-state index is 10.2. The van der Waals surface area contributed by atoms with E-state index < -0.39 is 0 Å². The summed E-state index contributed by atoms with van der Waals surface area (Å²) in [6.45, 7) is 5.03. The van der Waals surface area contributed by atoms with Crippen LogP contribution in [0.1, 0.15) is 58.8 Å². The van der Waals surface area contributed by atoms with Gasteiger partial charge in [0.1, 0.15) is 6.33 Å². The van der Waals surface area contributed by atoms with E-state index >= 15 is 0 Å². The number of benzene rings is 1. The van der Waals surface area contributed by atoms with Gasteiger partial charge in [0.15, 0.2) is 0 Å². The van der Waals surface area contributed by atoms with Gasteiger partial charge in [0.25, 0.3) is 0 Å². The monoisotopic (exact) mass is 388 g/mol. The van der Waals surface area contributed by atoms with Crippen LogP contribution in [0, 0.1) is 28.6 Å². The molecule has 0 aliphatic heterocycles. The average Bonchev–Trinajstić information content (AvgIpc) is 3.29. The molecule has 4 aliphatic carbocycles. The van der Waals surface area contributed by atoms with Crippen LogP contribution in [0.25, 0.3) is 16.7 Å². The van der Waals surface area contributed by atoms with Gasteiger partial charge in [-0.1, -0.05) is 43.7 Å². The fourth-order valence-electron chi connectivity index (χ4n) is 7.71. The van der Waals surface area contributed by atoms with E-state index in [9.17, 15) is 5.11 Å². The first-order chi connectivity index (χ1) is 14.0. The van der Waals surface area contributed by atoms with Gasteiger partial charge in [-0.25, -0.2) is 4.98 Å². The average molecular weight is 389 g/mol. The van der Waals surface area contributed by atoms with Crippen molar-refractivity contribution in [2.24, 2.45) is 28.6 Å². The molecule has 1 N–H and O–H groups in total. The fourth-order valence-corrected chi connectivity index (χ4v) is 7.71. The van der Waals surface area contributed by atoms with E-state index in [1.165, 1.54) is 36.9 Å². The highest BCUT2D eigenvalue weighted by Crippen LogP contribution is 2.65. The zero-order valence-corrected chi connectivity index (χ0v) is 17.6. The predicted molar refractivity (Wildman–Crippen MR) is 117 cm³/mol. The molecule has 1 aromatic heterocycles. The first kappa shape index (κ1) is 17.9. The largest absolute Gasteiger partial charge is 0.393 e. The number of para-hydroxylation sites is 2. The fraction of sp³-hybridized carbons (Fsp3) is 0.577. The van der Waals surface area contributed by atoms with Crippen LogP contribution in [0.4, 0.5) is 0 Å². The number of aromatic nitrogens is 2. The topological polar surface area (TPSA) is 38.0 Å². The molecule has 0 bridgehead atoms. The normalized spacial score (nSPS) is 41.3. The van der Waals surface area contributed by atoms with E-state index in [0.29, 0.717) is 5.41 Å². The molecule has 0 saturated heterocycles. The molecule has 2 fully saturated rings. The Morgan fingerprint density at radius 1 is 1.00 bits per heavy atom. The molecule has 0 spiro atoms. The molecule has 4 aliphatic rings. The van der Waals surface area contributed by atoms with Gasteiger partial charge in [-0.05, 0) is 80.2 Å². The predicted octanol–water partition coefficient (Wildman–Crippen LogP) is 5.81. The first-order valence-corrected chi connectivity index (χ1v) is 11.5. The number of hydrogen-bond acceptors (Lipinski definition) is 2. The Bertz CT molecular complexity index is 1030. The highest BCUT2D eigenvalue weighted by atomic mass is 16.3. The van der Waals surface area contributed by atoms with Gasteiger partial charge >= 0.3 is 0 Å². The minimum absolute atomic E-state index is 0.117. The maximum atomic E-state index is 10.2.